The lowest BCUT2D eigenvalue weighted by Crippen LogP contribution is -2.20. The van der Waals surface area contributed by atoms with Gasteiger partial charge in [0.15, 0.2) is 0 Å². The Morgan fingerprint density at radius 2 is 1.80 bits per heavy atom. The Bertz CT molecular complexity index is 840. The molecule has 1 aromatic heterocycles. The number of nitrogens with one attached hydrogen (secondary N) is 1. The Balaban J connectivity index is 1.70. The number of hydrogen-bond acceptors (Lipinski definition) is 6. The summed E-state index contributed by atoms with van der Waals surface area (Å²) in [5, 5.41) is 3.16. The smallest absolute Gasteiger partial charge is 0.232 e. The number of benzene rings is 2. The largest absolute Gasteiger partial charge is 0.368 e. The highest BCUT2D eigenvalue weighted by Gasteiger charge is 2.08. The van der Waals surface area contributed by atoms with Crippen LogP contribution in [0.25, 0.3) is 0 Å². The first kappa shape index (κ1) is 17.3. The van der Waals surface area contributed by atoms with Crippen LogP contribution in [0.4, 0.5) is 17.6 Å². The fourth-order valence-electron chi connectivity index (χ4n) is 2.45. The number of rotatable bonds is 6. The predicted octanol–water partition coefficient (Wildman–Crippen LogP) is 3.59. The van der Waals surface area contributed by atoms with Crippen molar-refractivity contribution in [2.75, 3.05) is 18.1 Å². The Hall–Kier alpha value is -2.51. The summed E-state index contributed by atoms with van der Waals surface area (Å²) >= 11 is 3.44. The minimum absolute atomic E-state index is 0.204. The van der Waals surface area contributed by atoms with E-state index in [0.29, 0.717) is 18.3 Å². The van der Waals surface area contributed by atoms with E-state index >= 15 is 0 Å². The highest BCUT2D eigenvalue weighted by atomic mass is 79.9. The van der Waals surface area contributed by atoms with Gasteiger partial charge in [-0.15, -0.1) is 0 Å². The van der Waals surface area contributed by atoms with Crippen LogP contribution in [0, 0.1) is 0 Å². The third-order valence-corrected chi connectivity index (χ3v) is 3.98. The maximum absolute atomic E-state index is 5.84. The van der Waals surface area contributed by atoms with E-state index in [1.807, 2.05) is 49.5 Å². The van der Waals surface area contributed by atoms with Crippen molar-refractivity contribution in [3.63, 3.8) is 0 Å². The summed E-state index contributed by atoms with van der Waals surface area (Å²) in [7, 11) is 2.02. The molecule has 0 bridgehead atoms. The fourth-order valence-corrected chi connectivity index (χ4v) is 2.85. The summed E-state index contributed by atoms with van der Waals surface area (Å²) < 4.78 is 0.974. The second-order valence-corrected chi connectivity index (χ2v) is 6.64. The zero-order valence-electron chi connectivity index (χ0n) is 13.9. The Morgan fingerprint density at radius 1 is 1.00 bits per heavy atom. The Kier molecular flexibility index (Phi) is 5.57. The van der Waals surface area contributed by atoms with Crippen LogP contribution in [-0.2, 0) is 13.1 Å². The molecule has 0 radical (unpaired) electrons. The van der Waals surface area contributed by atoms with Gasteiger partial charge in [0.05, 0.1) is 6.54 Å². The van der Waals surface area contributed by atoms with Crippen molar-refractivity contribution < 1.29 is 0 Å². The minimum Gasteiger partial charge on any atom is -0.368 e. The third kappa shape index (κ3) is 5.23. The first-order valence-electron chi connectivity index (χ1n) is 7.84. The first-order valence-corrected chi connectivity index (χ1v) is 8.63. The molecule has 3 rings (SSSR count). The number of nitrogens with zero attached hydrogens (tertiary/aromatic N) is 4. The molecule has 0 saturated heterocycles. The topological polar surface area (TPSA) is 80.0 Å². The molecule has 0 atom stereocenters. The second-order valence-electron chi connectivity index (χ2n) is 5.73. The molecule has 7 heteroatoms. The lowest BCUT2D eigenvalue weighted by molar-refractivity contribution is 0.310. The second kappa shape index (κ2) is 8.04. The van der Waals surface area contributed by atoms with Crippen LogP contribution in [0.2, 0.25) is 0 Å². The van der Waals surface area contributed by atoms with Crippen molar-refractivity contribution in [2.45, 2.75) is 13.1 Å². The van der Waals surface area contributed by atoms with Crippen molar-refractivity contribution in [3.8, 4) is 0 Å². The molecular formula is C18H19BrN6. The van der Waals surface area contributed by atoms with Gasteiger partial charge in [-0.2, -0.15) is 15.0 Å². The van der Waals surface area contributed by atoms with E-state index in [9.17, 15) is 0 Å². The molecule has 0 fully saturated rings. The third-order valence-electron chi connectivity index (χ3n) is 3.49. The normalized spacial score (nSPS) is 10.8. The van der Waals surface area contributed by atoms with E-state index in [-0.39, 0.29) is 5.95 Å². The maximum Gasteiger partial charge on any atom is 0.232 e. The SMILES string of the molecule is CN(Cc1ccccc1)Cc1nc(N)nc(Nc2cccc(Br)c2)n1. The van der Waals surface area contributed by atoms with Crippen LogP contribution < -0.4 is 11.1 Å². The van der Waals surface area contributed by atoms with Crippen LogP contribution >= 0.6 is 15.9 Å². The van der Waals surface area contributed by atoms with E-state index < -0.39 is 0 Å². The van der Waals surface area contributed by atoms with Crippen LogP contribution in [0.15, 0.2) is 59.1 Å². The Morgan fingerprint density at radius 3 is 2.56 bits per heavy atom. The van der Waals surface area contributed by atoms with Gasteiger partial charge in [0.25, 0.3) is 0 Å². The molecule has 0 aliphatic carbocycles. The summed E-state index contributed by atoms with van der Waals surface area (Å²) in [6.45, 7) is 1.38. The predicted molar refractivity (Wildman–Crippen MR) is 103 cm³/mol. The summed E-state index contributed by atoms with van der Waals surface area (Å²) in [6.07, 6.45) is 0. The molecule has 0 amide bonds. The molecule has 25 heavy (non-hydrogen) atoms. The monoisotopic (exact) mass is 398 g/mol. The van der Waals surface area contributed by atoms with Gasteiger partial charge in [-0.05, 0) is 30.8 Å². The van der Waals surface area contributed by atoms with Gasteiger partial charge in [0.2, 0.25) is 11.9 Å². The average Bonchev–Trinajstić information content (AvgIpc) is 2.55. The molecule has 1 heterocycles. The van der Waals surface area contributed by atoms with Crippen LogP contribution in [0.1, 0.15) is 11.4 Å². The molecule has 0 saturated carbocycles. The fraction of sp³-hybridized carbons (Fsp3) is 0.167. The lowest BCUT2D eigenvalue weighted by atomic mass is 10.2. The van der Waals surface area contributed by atoms with Gasteiger partial charge in [0.1, 0.15) is 5.82 Å². The minimum atomic E-state index is 0.204. The Labute approximate surface area is 155 Å². The molecule has 6 nitrogen and oxygen atoms in total. The molecule has 3 aromatic rings. The average molecular weight is 399 g/mol. The molecule has 0 aliphatic rings. The number of halogens is 1. The zero-order chi connectivity index (χ0) is 17.6. The van der Waals surface area contributed by atoms with Crippen LogP contribution in [0.5, 0.6) is 0 Å². The van der Waals surface area contributed by atoms with Crippen LogP contribution in [0.3, 0.4) is 0 Å². The van der Waals surface area contributed by atoms with Crippen molar-refractivity contribution in [2.24, 2.45) is 0 Å². The van der Waals surface area contributed by atoms with E-state index in [4.69, 9.17) is 5.73 Å². The van der Waals surface area contributed by atoms with Gasteiger partial charge < -0.3 is 11.1 Å². The van der Waals surface area contributed by atoms with Crippen LogP contribution in [-0.4, -0.2) is 26.9 Å². The van der Waals surface area contributed by atoms with Gasteiger partial charge in [-0.1, -0.05) is 52.3 Å². The van der Waals surface area contributed by atoms with Gasteiger partial charge in [-0.25, -0.2) is 0 Å². The number of nitrogens with two attached hydrogens (primary N) is 1. The quantitative estimate of drug-likeness (QED) is 0.660. The highest BCUT2D eigenvalue weighted by molar-refractivity contribution is 9.10. The molecule has 128 valence electrons. The van der Waals surface area contributed by atoms with Crippen molar-refractivity contribution >= 4 is 33.5 Å². The molecular weight excluding hydrogens is 380 g/mol. The van der Waals surface area contributed by atoms with E-state index in [1.165, 1.54) is 5.56 Å². The molecule has 3 N–H and O–H groups in total. The van der Waals surface area contributed by atoms with E-state index in [0.717, 1.165) is 16.7 Å². The zero-order valence-corrected chi connectivity index (χ0v) is 15.4. The molecule has 2 aromatic carbocycles. The van der Waals surface area contributed by atoms with Gasteiger partial charge >= 0.3 is 0 Å². The van der Waals surface area contributed by atoms with Crippen molar-refractivity contribution in [3.05, 3.63) is 70.5 Å². The number of anilines is 3. The van der Waals surface area contributed by atoms with Gasteiger partial charge in [0, 0.05) is 16.7 Å². The first-order chi connectivity index (χ1) is 12.1. The molecule has 0 spiro atoms. The maximum atomic E-state index is 5.84. The summed E-state index contributed by atoms with van der Waals surface area (Å²) in [5.74, 6) is 1.27. The van der Waals surface area contributed by atoms with Crippen molar-refractivity contribution in [1.29, 1.82) is 0 Å². The summed E-state index contributed by atoms with van der Waals surface area (Å²) in [4.78, 5) is 15.0. The summed E-state index contributed by atoms with van der Waals surface area (Å²) in [5.41, 5.74) is 7.96. The van der Waals surface area contributed by atoms with Gasteiger partial charge in [-0.3, -0.25) is 4.90 Å². The van der Waals surface area contributed by atoms with E-state index in [2.05, 4.69) is 53.2 Å². The lowest BCUT2D eigenvalue weighted by Gasteiger charge is -2.16. The summed E-state index contributed by atoms with van der Waals surface area (Å²) in [6, 6.07) is 18.0. The molecule has 0 unspecified atom stereocenters. The van der Waals surface area contributed by atoms with E-state index in [1.54, 1.807) is 0 Å². The van der Waals surface area contributed by atoms with Crippen molar-refractivity contribution in [1.82, 2.24) is 19.9 Å². The molecule has 0 aliphatic heterocycles. The highest BCUT2D eigenvalue weighted by Crippen LogP contribution is 2.19. The number of aromatic nitrogens is 3. The standard InChI is InChI=1S/C18H19BrN6/c1-25(11-13-6-3-2-4-7-13)12-16-22-17(20)24-18(23-16)21-15-9-5-8-14(19)10-15/h2-10H,11-12H2,1H3,(H3,20,21,22,23,24). The number of nitrogen functional groups attached to an aromatic ring is 1. The number of hydrogen-bond donors (Lipinski definition) is 2.